The highest BCUT2D eigenvalue weighted by molar-refractivity contribution is 5.97. The van der Waals surface area contributed by atoms with Crippen molar-refractivity contribution in [1.82, 2.24) is 5.32 Å². The van der Waals surface area contributed by atoms with Gasteiger partial charge in [0.2, 0.25) is 0 Å². The van der Waals surface area contributed by atoms with Gasteiger partial charge in [0.05, 0.1) is 7.11 Å². The maximum Gasteiger partial charge on any atom is 0.325 e. The highest BCUT2D eigenvalue weighted by Crippen LogP contribution is 2.26. The van der Waals surface area contributed by atoms with Gasteiger partial charge in [-0.3, -0.25) is 9.59 Å². The molecule has 0 spiro atoms. The zero-order valence-electron chi connectivity index (χ0n) is 9.43. The molecule has 1 atom stereocenters. The van der Waals surface area contributed by atoms with Crippen molar-refractivity contribution in [1.29, 1.82) is 0 Å². The van der Waals surface area contributed by atoms with E-state index in [2.05, 4.69) is 5.32 Å². The second kappa shape index (κ2) is 5.20. The number of amides is 1. The Bertz CT molecular complexity index is 443. The molecule has 0 saturated heterocycles. The Hall–Kier alpha value is -2.24. The fourth-order valence-electron chi connectivity index (χ4n) is 1.16. The predicted molar refractivity (Wildman–Crippen MR) is 59.2 cm³/mol. The molecule has 17 heavy (non-hydrogen) atoms. The van der Waals surface area contributed by atoms with Crippen LogP contribution < -0.4 is 10.1 Å². The minimum atomic E-state index is -1.12. The van der Waals surface area contributed by atoms with E-state index in [1.54, 1.807) is 0 Å². The van der Waals surface area contributed by atoms with E-state index in [4.69, 9.17) is 9.84 Å². The monoisotopic (exact) mass is 239 g/mol. The first-order valence-corrected chi connectivity index (χ1v) is 4.86. The first-order chi connectivity index (χ1) is 7.95. The van der Waals surface area contributed by atoms with Crippen molar-refractivity contribution >= 4 is 11.9 Å². The lowest BCUT2D eigenvalue weighted by Crippen LogP contribution is -2.38. The van der Waals surface area contributed by atoms with E-state index in [1.165, 1.54) is 32.2 Å². The number of carbonyl (C=O) groups is 2. The smallest absolute Gasteiger partial charge is 0.325 e. The van der Waals surface area contributed by atoms with Gasteiger partial charge in [-0.15, -0.1) is 0 Å². The lowest BCUT2D eigenvalue weighted by molar-refractivity contribution is -0.138. The van der Waals surface area contributed by atoms with E-state index in [0.29, 0.717) is 0 Å². The molecular formula is C11H13NO5. The molecule has 0 heterocycles. The lowest BCUT2D eigenvalue weighted by Gasteiger charge is -2.10. The van der Waals surface area contributed by atoms with Crippen molar-refractivity contribution in [2.75, 3.05) is 7.11 Å². The fourth-order valence-corrected chi connectivity index (χ4v) is 1.16. The average molecular weight is 239 g/mol. The second-order valence-corrected chi connectivity index (χ2v) is 3.42. The number of nitrogens with one attached hydrogen (secondary N) is 1. The molecule has 0 aromatic heterocycles. The molecule has 0 unspecified atom stereocenters. The second-order valence-electron chi connectivity index (χ2n) is 3.42. The minimum absolute atomic E-state index is 0.0877. The van der Waals surface area contributed by atoms with Gasteiger partial charge in [0.25, 0.3) is 5.91 Å². The minimum Gasteiger partial charge on any atom is -0.504 e. The zero-order chi connectivity index (χ0) is 13.0. The number of carbonyl (C=O) groups excluding carboxylic acids is 1. The first-order valence-electron chi connectivity index (χ1n) is 4.86. The maximum absolute atomic E-state index is 11.6. The summed E-state index contributed by atoms with van der Waals surface area (Å²) in [6, 6.07) is 3.03. The van der Waals surface area contributed by atoms with Crippen molar-refractivity contribution in [2.24, 2.45) is 0 Å². The van der Waals surface area contributed by atoms with Crippen LogP contribution in [0.1, 0.15) is 17.3 Å². The highest BCUT2D eigenvalue weighted by atomic mass is 16.5. The molecule has 1 aromatic rings. The van der Waals surface area contributed by atoms with E-state index < -0.39 is 17.9 Å². The molecule has 6 heteroatoms. The predicted octanol–water partition coefficient (Wildman–Crippen LogP) is 0.604. The number of benzene rings is 1. The molecule has 6 nitrogen and oxygen atoms in total. The Labute approximate surface area is 97.8 Å². The average Bonchev–Trinajstić information content (AvgIpc) is 2.29. The van der Waals surface area contributed by atoms with Crippen molar-refractivity contribution < 1.29 is 24.5 Å². The van der Waals surface area contributed by atoms with Gasteiger partial charge in [-0.05, 0) is 25.1 Å². The Morgan fingerprint density at radius 3 is 2.59 bits per heavy atom. The van der Waals surface area contributed by atoms with E-state index in [0.717, 1.165) is 0 Å². The van der Waals surface area contributed by atoms with Gasteiger partial charge in [-0.25, -0.2) is 0 Å². The summed E-state index contributed by atoms with van der Waals surface area (Å²) in [6.45, 7) is 1.36. The van der Waals surface area contributed by atoms with Crippen LogP contribution >= 0.6 is 0 Å². The Morgan fingerprint density at radius 2 is 2.06 bits per heavy atom. The topological polar surface area (TPSA) is 95.9 Å². The summed E-state index contributed by atoms with van der Waals surface area (Å²) in [7, 11) is 1.36. The van der Waals surface area contributed by atoms with Gasteiger partial charge in [0.15, 0.2) is 11.5 Å². The fraction of sp³-hybridized carbons (Fsp3) is 0.273. The van der Waals surface area contributed by atoms with Gasteiger partial charge in [-0.1, -0.05) is 0 Å². The summed E-state index contributed by atoms with van der Waals surface area (Å²) < 4.78 is 4.84. The molecule has 92 valence electrons. The third-order valence-corrected chi connectivity index (χ3v) is 2.16. The summed E-state index contributed by atoms with van der Waals surface area (Å²) in [5.74, 6) is -1.60. The SMILES string of the molecule is COc1cc(C(=O)N[C@@H](C)C(=O)O)ccc1O. The van der Waals surface area contributed by atoms with Crippen LogP contribution in [-0.2, 0) is 4.79 Å². The molecule has 1 aromatic carbocycles. The largest absolute Gasteiger partial charge is 0.504 e. The number of phenols is 1. The van der Waals surface area contributed by atoms with Crippen molar-refractivity contribution in [3.8, 4) is 11.5 Å². The maximum atomic E-state index is 11.6. The van der Waals surface area contributed by atoms with E-state index in [-0.39, 0.29) is 17.1 Å². The van der Waals surface area contributed by atoms with E-state index in [1.807, 2.05) is 0 Å². The standard InChI is InChI=1S/C11H13NO5/c1-6(11(15)16)12-10(14)7-3-4-8(13)9(5-7)17-2/h3-6,13H,1-2H3,(H,12,14)(H,15,16)/t6-/m0/s1. The molecule has 0 aliphatic carbocycles. The highest BCUT2D eigenvalue weighted by Gasteiger charge is 2.16. The molecule has 0 fully saturated rings. The van der Waals surface area contributed by atoms with Crippen LogP contribution in [0.25, 0.3) is 0 Å². The molecular weight excluding hydrogens is 226 g/mol. The number of methoxy groups -OCH3 is 1. The summed E-state index contributed by atoms with van der Waals surface area (Å²) in [6.07, 6.45) is 0. The van der Waals surface area contributed by atoms with Crippen LogP contribution in [0.15, 0.2) is 18.2 Å². The third kappa shape index (κ3) is 3.10. The summed E-state index contributed by atoms with van der Waals surface area (Å²) >= 11 is 0. The molecule has 1 amide bonds. The van der Waals surface area contributed by atoms with Gasteiger partial charge < -0.3 is 20.3 Å². The lowest BCUT2D eigenvalue weighted by atomic mass is 10.1. The summed E-state index contributed by atoms with van der Waals surface area (Å²) in [5, 5.41) is 20.3. The van der Waals surface area contributed by atoms with Gasteiger partial charge in [0.1, 0.15) is 6.04 Å². The van der Waals surface area contributed by atoms with E-state index >= 15 is 0 Å². The number of aliphatic carboxylic acids is 1. The molecule has 3 N–H and O–H groups in total. The van der Waals surface area contributed by atoms with Crippen LogP contribution in [0, 0.1) is 0 Å². The van der Waals surface area contributed by atoms with Crippen molar-refractivity contribution in [2.45, 2.75) is 13.0 Å². The van der Waals surface area contributed by atoms with Gasteiger partial charge in [0, 0.05) is 5.56 Å². The number of carboxylic acids is 1. The molecule has 0 aliphatic heterocycles. The number of aromatic hydroxyl groups is 1. The number of carboxylic acid groups (broad SMARTS) is 1. The van der Waals surface area contributed by atoms with Crippen molar-refractivity contribution in [3.05, 3.63) is 23.8 Å². The number of hydrogen-bond donors (Lipinski definition) is 3. The quantitative estimate of drug-likeness (QED) is 0.715. The molecule has 0 radical (unpaired) electrons. The number of ether oxygens (including phenoxy) is 1. The Morgan fingerprint density at radius 1 is 1.41 bits per heavy atom. The number of rotatable bonds is 4. The van der Waals surface area contributed by atoms with Crippen LogP contribution in [0.2, 0.25) is 0 Å². The zero-order valence-corrected chi connectivity index (χ0v) is 9.43. The van der Waals surface area contributed by atoms with Gasteiger partial charge >= 0.3 is 5.97 Å². The Balaban J connectivity index is 2.86. The molecule has 1 rings (SSSR count). The number of phenolic OH excluding ortho intramolecular Hbond substituents is 1. The third-order valence-electron chi connectivity index (χ3n) is 2.16. The van der Waals surface area contributed by atoms with E-state index in [9.17, 15) is 14.7 Å². The number of hydrogen-bond acceptors (Lipinski definition) is 4. The van der Waals surface area contributed by atoms with Crippen LogP contribution in [0.3, 0.4) is 0 Å². The Kier molecular flexibility index (Phi) is 3.92. The van der Waals surface area contributed by atoms with Crippen LogP contribution in [0.5, 0.6) is 11.5 Å². The van der Waals surface area contributed by atoms with Crippen LogP contribution in [0.4, 0.5) is 0 Å². The molecule has 0 saturated carbocycles. The van der Waals surface area contributed by atoms with Crippen LogP contribution in [-0.4, -0.2) is 35.2 Å². The normalized spacial score (nSPS) is 11.6. The summed E-state index contributed by atoms with van der Waals surface area (Å²) in [4.78, 5) is 22.2. The van der Waals surface area contributed by atoms with Crippen molar-refractivity contribution in [3.63, 3.8) is 0 Å². The molecule has 0 aliphatic rings. The van der Waals surface area contributed by atoms with Gasteiger partial charge in [-0.2, -0.15) is 0 Å². The molecule has 0 bridgehead atoms. The summed E-state index contributed by atoms with van der Waals surface area (Å²) in [5.41, 5.74) is 0.216. The first kappa shape index (κ1) is 12.8.